The number of aromatic nitrogens is 1. The van der Waals surface area contributed by atoms with Gasteiger partial charge in [0.1, 0.15) is 12.3 Å². The molecular formula is C20H23F2N3O5S3. The largest absolute Gasteiger partial charge is 0.298 e. The molecule has 1 fully saturated rings. The third kappa shape index (κ3) is 5.83. The Morgan fingerprint density at radius 1 is 1.12 bits per heavy atom. The number of rotatable bonds is 7. The third-order valence-electron chi connectivity index (χ3n) is 5.13. The van der Waals surface area contributed by atoms with Crippen LogP contribution < -0.4 is 5.32 Å². The van der Waals surface area contributed by atoms with Gasteiger partial charge in [-0.3, -0.25) is 10.1 Å². The zero-order chi connectivity index (χ0) is 24.6. The van der Waals surface area contributed by atoms with Crippen LogP contribution in [-0.2, 0) is 24.7 Å². The monoisotopic (exact) mass is 519 g/mol. The molecule has 1 aromatic heterocycles. The van der Waals surface area contributed by atoms with E-state index < -0.39 is 44.0 Å². The predicted molar refractivity (Wildman–Crippen MR) is 122 cm³/mol. The molecule has 1 amide bonds. The molecule has 3 rings (SSSR count). The summed E-state index contributed by atoms with van der Waals surface area (Å²) >= 11 is 0.759. The molecule has 1 saturated carbocycles. The molecular weight excluding hydrogens is 496 g/mol. The van der Waals surface area contributed by atoms with E-state index >= 15 is 0 Å². The van der Waals surface area contributed by atoms with Crippen LogP contribution >= 0.6 is 11.3 Å². The summed E-state index contributed by atoms with van der Waals surface area (Å²) in [5.74, 6) is -1.20. The number of carbonyl (C=O) groups excluding carboxylic acids is 1. The number of thiazole rings is 1. The van der Waals surface area contributed by atoms with E-state index in [0.717, 1.165) is 28.1 Å². The maximum absolute atomic E-state index is 13.7. The first-order chi connectivity index (χ1) is 15.3. The van der Waals surface area contributed by atoms with Crippen LogP contribution in [0.4, 0.5) is 13.9 Å². The molecule has 1 aliphatic rings. The SMILES string of the molecule is CN(C)S(=O)(=O)c1cnc(NC(=O)/C(=C/[C@H]2C[C@@H](F)[C@@H](F)C2)c2ccc(S(C)(=O)=O)cc2)s1. The fraction of sp³-hybridized carbons (Fsp3) is 0.400. The summed E-state index contributed by atoms with van der Waals surface area (Å²) in [5, 5.41) is 2.55. The molecule has 0 aliphatic heterocycles. The summed E-state index contributed by atoms with van der Waals surface area (Å²) in [4.78, 5) is 17.1. The van der Waals surface area contributed by atoms with E-state index in [0.29, 0.717) is 5.56 Å². The summed E-state index contributed by atoms with van der Waals surface area (Å²) < 4.78 is 76.3. The quantitative estimate of drug-likeness (QED) is 0.563. The lowest BCUT2D eigenvalue weighted by atomic mass is 9.98. The van der Waals surface area contributed by atoms with Crippen molar-refractivity contribution in [3.8, 4) is 0 Å². The first-order valence-electron chi connectivity index (χ1n) is 9.79. The number of amides is 1. The minimum Gasteiger partial charge on any atom is -0.298 e. The number of sulfonamides is 1. The van der Waals surface area contributed by atoms with Gasteiger partial charge in [0.05, 0.1) is 11.1 Å². The van der Waals surface area contributed by atoms with E-state index in [1.165, 1.54) is 44.4 Å². The number of nitrogens with one attached hydrogen (secondary N) is 1. The van der Waals surface area contributed by atoms with Crippen LogP contribution in [0, 0.1) is 5.92 Å². The molecule has 0 unspecified atom stereocenters. The fourth-order valence-electron chi connectivity index (χ4n) is 3.31. The van der Waals surface area contributed by atoms with Gasteiger partial charge in [0, 0.05) is 25.9 Å². The van der Waals surface area contributed by atoms with Crippen molar-refractivity contribution in [3.63, 3.8) is 0 Å². The van der Waals surface area contributed by atoms with Crippen molar-refractivity contribution in [2.24, 2.45) is 5.92 Å². The average Bonchev–Trinajstić information content (AvgIpc) is 3.32. The van der Waals surface area contributed by atoms with Gasteiger partial charge in [0.25, 0.3) is 15.9 Å². The van der Waals surface area contributed by atoms with Crippen molar-refractivity contribution >= 4 is 47.8 Å². The molecule has 13 heteroatoms. The number of nitrogens with zero attached hydrogens (tertiary/aromatic N) is 2. The molecule has 33 heavy (non-hydrogen) atoms. The Morgan fingerprint density at radius 3 is 2.21 bits per heavy atom. The van der Waals surface area contributed by atoms with Gasteiger partial charge in [0.2, 0.25) is 0 Å². The van der Waals surface area contributed by atoms with Crippen molar-refractivity contribution < 1.29 is 30.4 Å². The number of sulfone groups is 1. The summed E-state index contributed by atoms with van der Waals surface area (Å²) in [6, 6.07) is 5.53. The molecule has 2 aromatic rings. The molecule has 8 nitrogen and oxygen atoms in total. The van der Waals surface area contributed by atoms with Gasteiger partial charge in [-0.15, -0.1) is 0 Å². The average molecular weight is 520 g/mol. The maximum atomic E-state index is 13.7. The molecule has 0 saturated heterocycles. The van der Waals surface area contributed by atoms with Crippen molar-refractivity contribution in [2.45, 2.75) is 34.3 Å². The Bertz CT molecular complexity index is 1260. The van der Waals surface area contributed by atoms with E-state index in [1.807, 2.05) is 0 Å². The highest BCUT2D eigenvalue weighted by molar-refractivity contribution is 7.91. The Kier molecular flexibility index (Phi) is 7.36. The van der Waals surface area contributed by atoms with E-state index in [1.54, 1.807) is 0 Å². The number of hydrogen-bond acceptors (Lipinski definition) is 7. The summed E-state index contributed by atoms with van der Waals surface area (Å²) in [5.41, 5.74) is 0.420. The van der Waals surface area contributed by atoms with Crippen LogP contribution in [0.1, 0.15) is 18.4 Å². The maximum Gasteiger partial charge on any atom is 0.257 e. The highest BCUT2D eigenvalue weighted by Gasteiger charge is 2.34. The Morgan fingerprint density at radius 2 is 1.70 bits per heavy atom. The van der Waals surface area contributed by atoms with Gasteiger partial charge < -0.3 is 0 Å². The molecule has 0 bridgehead atoms. The Labute approximate surface area is 195 Å². The van der Waals surface area contributed by atoms with Crippen molar-refractivity contribution in [2.75, 3.05) is 25.7 Å². The van der Waals surface area contributed by atoms with Crippen LogP contribution in [0.3, 0.4) is 0 Å². The summed E-state index contributed by atoms with van der Waals surface area (Å²) in [7, 11) is -4.45. The molecule has 1 heterocycles. The van der Waals surface area contributed by atoms with Crippen LogP contribution in [-0.4, -0.2) is 64.7 Å². The molecule has 1 N–H and O–H groups in total. The number of halogens is 2. The molecule has 3 atom stereocenters. The van der Waals surface area contributed by atoms with E-state index in [2.05, 4.69) is 10.3 Å². The van der Waals surface area contributed by atoms with Crippen molar-refractivity contribution in [3.05, 3.63) is 42.1 Å². The number of anilines is 1. The van der Waals surface area contributed by atoms with E-state index in [4.69, 9.17) is 0 Å². The number of alkyl halides is 2. The number of benzene rings is 1. The van der Waals surface area contributed by atoms with Gasteiger partial charge in [-0.2, -0.15) is 0 Å². The lowest BCUT2D eigenvalue weighted by molar-refractivity contribution is -0.111. The lowest BCUT2D eigenvalue weighted by Crippen LogP contribution is -2.21. The van der Waals surface area contributed by atoms with Gasteiger partial charge in [0.15, 0.2) is 19.2 Å². The Balaban J connectivity index is 1.93. The minimum absolute atomic E-state index is 0.0252. The van der Waals surface area contributed by atoms with Crippen LogP contribution in [0.2, 0.25) is 0 Å². The number of hydrogen-bond donors (Lipinski definition) is 1. The summed E-state index contributed by atoms with van der Waals surface area (Å²) in [6.07, 6.45) is 0.223. The predicted octanol–water partition coefficient (Wildman–Crippen LogP) is 2.91. The second-order valence-electron chi connectivity index (χ2n) is 7.87. The topological polar surface area (TPSA) is 114 Å². The number of carbonyl (C=O) groups is 1. The van der Waals surface area contributed by atoms with Crippen LogP contribution in [0.25, 0.3) is 5.57 Å². The minimum atomic E-state index is -3.73. The lowest BCUT2D eigenvalue weighted by Gasteiger charge is -2.11. The van der Waals surface area contributed by atoms with Crippen LogP contribution in [0.15, 0.2) is 45.6 Å². The fourth-order valence-corrected chi connectivity index (χ4v) is 6.13. The molecule has 1 aliphatic carbocycles. The highest BCUT2D eigenvalue weighted by Crippen LogP contribution is 2.34. The molecule has 0 radical (unpaired) electrons. The zero-order valence-corrected chi connectivity index (χ0v) is 20.5. The first-order valence-corrected chi connectivity index (χ1v) is 13.9. The van der Waals surface area contributed by atoms with E-state index in [-0.39, 0.29) is 32.7 Å². The normalized spacial score (nSPS) is 22.0. The van der Waals surface area contributed by atoms with Crippen molar-refractivity contribution in [1.82, 2.24) is 9.29 Å². The second kappa shape index (κ2) is 9.57. The second-order valence-corrected chi connectivity index (χ2v) is 13.3. The summed E-state index contributed by atoms with van der Waals surface area (Å²) in [6.45, 7) is 0. The van der Waals surface area contributed by atoms with Gasteiger partial charge in [-0.1, -0.05) is 29.5 Å². The van der Waals surface area contributed by atoms with E-state index in [9.17, 15) is 30.4 Å². The van der Waals surface area contributed by atoms with Gasteiger partial charge in [-0.25, -0.2) is 34.9 Å². The smallest absolute Gasteiger partial charge is 0.257 e. The highest BCUT2D eigenvalue weighted by atomic mass is 32.2. The first kappa shape index (κ1) is 25.4. The standard InChI is InChI=1S/C20H23F2N3O5S3/c1-25(2)33(29,30)18-11-23-20(31-18)24-19(26)15(8-12-9-16(21)17(22)10-12)13-4-6-14(7-5-13)32(3,27)28/h4-8,11-12,16-17H,9-10H2,1-3H3,(H,23,24,26)/b15-8+/t12-,16+,17-. The van der Waals surface area contributed by atoms with Gasteiger partial charge in [-0.05, 0) is 36.5 Å². The number of allylic oxidation sites excluding steroid dienone is 1. The molecule has 0 spiro atoms. The zero-order valence-electron chi connectivity index (χ0n) is 18.0. The Hall–Kier alpha value is -2.22. The molecule has 180 valence electrons. The third-order valence-corrected chi connectivity index (χ3v) is 9.42. The van der Waals surface area contributed by atoms with Gasteiger partial charge >= 0.3 is 0 Å². The van der Waals surface area contributed by atoms with Crippen LogP contribution in [0.5, 0.6) is 0 Å². The van der Waals surface area contributed by atoms with Crippen molar-refractivity contribution in [1.29, 1.82) is 0 Å². The molecule has 1 aromatic carbocycles.